The van der Waals surface area contributed by atoms with Crippen molar-refractivity contribution >= 4 is 0 Å². The molecular formula is C14H25N3O. The number of aromatic nitrogens is 2. The number of piperidine rings is 1. The molecule has 0 saturated carbocycles. The second kappa shape index (κ2) is 6.90. The molecule has 0 bridgehead atoms. The van der Waals surface area contributed by atoms with Crippen LogP contribution in [-0.4, -0.2) is 45.3 Å². The first-order valence-electron chi connectivity index (χ1n) is 7.14. The van der Waals surface area contributed by atoms with Crippen LogP contribution >= 0.6 is 0 Å². The van der Waals surface area contributed by atoms with Gasteiger partial charge in [0.15, 0.2) is 0 Å². The Bertz CT molecular complexity index is 349. The third-order valence-electron chi connectivity index (χ3n) is 3.98. The van der Waals surface area contributed by atoms with E-state index in [1.165, 1.54) is 32.2 Å². The number of aliphatic hydroxyl groups excluding tert-OH is 1. The number of nitrogens with zero attached hydrogens (tertiary/aromatic N) is 3. The number of hydrogen-bond acceptors (Lipinski definition) is 3. The normalized spacial score (nSPS) is 21.3. The fourth-order valence-corrected chi connectivity index (χ4v) is 2.91. The van der Waals surface area contributed by atoms with Crippen molar-refractivity contribution in [1.29, 1.82) is 0 Å². The quantitative estimate of drug-likeness (QED) is 0.838. The van der Waals surface area contributed by atoms with Gasteiger partial charge in [0, 0.05) is 38.1 Å². The summed E-state index contributed by atoms with van der Waals surface area (Å²) in [4.78, 5) is 6.80. The second-order valence-electron chi connectivity index (χ2n) is 5.22. The van der Waals surface area contributed by atoms with E-state index in [1.807, 2.05) is 6.20 Å². The van der Waals surface area contributed by atoms with Gasteiger partial charge in [0.2, 0.25) is 0 Å². The first-order chi connectivity index (χ1) is 8.81. The Labute approximate surface area is 110 Å². The van der Waals surface area contributed by atoms with E-state index in [4.69, 9.17) is 5.11 Å². The third-order valence-corrected chi connectivity index (χ3v) is 3.98. The summed E-state index contributed by atoms with van der Waals surface area (Å²) in [5, 5.41) is 9.11. The van der Waals surface area contributed by atoms with Gasteiger partial charge in [-0.15, -0.1) is 0 Å². The van der Waals surface area contributed by atoms with Gasteiger partial charge in [0.05, 0.1) is 0 Å². The molecule has 18 heavy (non-hydrogen) atoms. The van der Waals surface area contributed by atoms with Gasteiger partial charge >= 0.3 is 0 Å². The van der Waals surface area contributed by atoms with Gasteiger partial charge in [0.1, 0.15) is 5.82 Å². The van der Waals surface area contributed by atoms with Crippen molar-refractivity contribution in [3.63, 3.8) is 0 Å². The SMILES string of the molecule is Cc1nccn1CCCN1CCCCC1CCO. The van der Waals surface area contributed by atoms with Crippen molar-refractivity contribution in [2.24, 2.45) is 0 Å². The number of rotatable bonds is 6. The highest BCUT2D eigenvalue weighted by atomic mass is 16.3. The predicted octanol–water partition coefficient (Wildman–Crippen LogP) is 1.82. The van der Waals surface area contributed by atoms with E-state index in [0.29, 0.717) is 12.6 Å². The minimum Gasteiger partial charge on any atom is -0.396 e. The topological polar surface area (TPSA) is 41.3 Å². The molecule has 0 radical (unpaired) electrons. The monoisotopic (exact) mass is 251 g/mol. The van der Waals surface area contributed by atoms with Gasteiger partial charge < -0.3 is 14.6 Å². The van der Waals surface area contributed by atoms with Crippen LogP contribution in [0.25, 0.3) is 0 Å². The van der Waals surface area contributed by atoms with Gasteiger partial charge in [0.25, 0.3) is 0 Å². The molecule has 0 aromatic carbocycles. The zero-order valence-corrected chi connectivity index (χ0v) is 11.4. The lowest BCUT2D eigenvalue weighted by Crippen LogP contribution is -2.40. The summed E-state index contributed by atoms with van der Waals surface area (Å²) in [6.45, 7) is 5.77. The van der Waals surface area contributed by atoms with Crippen LogP contribution in [0.3, 0.4) is 0 Å². The summed E-state index contributed by atoms with van der Waals surface area (Å²) in [5.41, 5.74) is 0. The molecule has 1 aliphatic heterocycles. The number of hydrogen-bond donors (Lipinski definition) is 1. The Morgan fingerprint density at radius 1 is 1.39 bits per heavy atom. The van der Waals surface area contributed by atoms with E-state index < -0.39 is 0 Å². The maximum absolute atomic E-state index is 9.11. The highest BCUT2D eigenvalue weighted by Crippen LogP contribution is 2.19. The number of imidazole rings is 1. The summed E-state index contributed by atoms with van der Waals surface area (Å²) < 4.78 is 2.21. The number of aryl methyl sites for hydroxylation is 2. The summed E-state index contributed by atoms with van der Waals surface area (Å²) in [6, 6.07) is 0.604. The molecule has 4 heteroatoms. The minimum absolute atomic E-state index is 0.321. The molecule has 2 rings (SSSR count). The Kier molecular flexibility index (Phi) is 5.20. The van der Waals surface area contributed by atoms with Crippen molar-refractivity contribution in [1.82, 2.24) is 14.5 Å². The molecule has 2 heterocycles. The molecule has 4 nitrogen and oxygen atoms in total. The zero-order valence-electron chi connectivity index (χ0n) is 11.4. The Morgan fingerprint density at radius 2 is 2.28 bits per heavy atom. The van der Waals surface area contributed by atoms with E-state index in [0.717, 1.165) is 25.3 Å². The molecule has 1 fully saturated rings. The van der Waals surface area contributed by atoms with Gasteiger partial charge in [-0.3, -0.25) is 0 Å². The average Bonchev–Trinajstić information content (AvgIpc) is 2.78. The molecule has 1 unspecified atom stereocenters. The molecule has 0 spiro atoms. The largest absolute Gasteiger partial charge is 0.396 e. The minimum atomic E-state index is 0.321. The standard InChI is InChI=1S/C14H25N3O/c1-13-15-7-11-16(13)9-4-10-17-8-3-2-5-14(17)6-12-18/h7,11,14,18H,2-6,8-10,12H2,1H3. The van der Waals surface area contributed by atoms with Crippen LogP contribution in [0.5, 0.6) is 0 Å². The van der Waals surface area contributed by atoms with Crippen LogP contribution in [-0.2, 0) is 6.54 Å². The Balaban J connectivity index is 1.76. The Morgan fingerprint density at radius 3 is 3.00 bits per heavy atom. The maximum Gasteiger partial charge on any atom is 0.105 e. The first-order valence-corrected chi connectivity index (χ1v) is 7.14. The van der Waals surface area contributed by atoms with Gasteiger partial charge in [-0.05, 0) is 39.2 Å². The van der Waals surface area contributed by atoms with Gasteiger partial charge in [-0.2, -0.15) is 0 Å². The van der Waals surface area contributed by atoms with Gasteiger partial charge in [-0.1, -0.05) is 6.42 Å². The van der Waals surface area contributed by atoms with Crippen LogP contribution in [0, 0.1) is 6.92 Å². The highest BCUT2D eigenvalue weighted by molar-refractivity contribution is 4.88. The molecule has 102 valence electrons. The van der Waals surface area contributed by atoms with Crippen LogP contribution in [0.15, 0.2) is 12.4 Å². The molecule has 0 amide bonds. The summed E-state index contributed by atoms with van der Waals surface area (Å²) in [7, 11) is 0. The van der Waals surface area contributed by atoms with Crippen molar-refractivity contribution in [3.8, 4) is 0 Å². The fraction of sp³-hybridized carbons (Fsp3) is 0.786. The summed E-state index contributed by atoms with van der Waals surface area (Å²) in [6.07, 6.45) is 9.91. The van der Waals surface area contributed by atoms with Crippen molar-refractivity contribution < 1.29 is 5.11 Å². The molecule has 1 saturated heterocycles. The summed E-state index contributed by atoms with van der Waals surface area (Å²) in [5.74, 6) is 1.10. The molecule has 1 atom stereocenters. The van der Waals surface area contributed by atoms with Crippen LogP contribution in [0.2, 0.25) is 0 Å². The average molecular weight is 251 g/mol. The van der Waals surface area contributed by atoms with E-state index >= 15 is 0 Å². The molecule has 1 N–H and O–H groups in total. The van der Waals surface area contributed by atoms with Crippen molar-refractivity contribution in [2.75, 3.05) is 19.7 Å². The van der Waals surface area contributed by atoms with E-state index in [1.54, 1.807) is 0 Å². The third kappa shape index (κ3) is 3.56. The molecular weight excluding hydrogens is 226 g/mol. The lowest BCUT2D eigenvalue weighted by Gasteiger charge is -2.35. The molecule has 1 aromatic rings. The van der Waals surface area contributed by atoms with Crippen molar-refractivity contribution in [2.45, 2.75) is 51.6 Å². The van der Waals surface area contributed by atoms with Crippen LogP contribution < -0.4 is 0 Å². The van der Waals surface area contributed by atoms with Gasteiger partial charge in [-0.25, -0.2) is 4.98 Å². The summed E-state index contributed by atoms with van der Waals surface area (Å²) >= 11 is 0. The van der Waals surface area contributed by atoms with E-state index in [9.17, 15) is 0 Å². The highest BCUT2D eigenvalue weighted by Gasteiger charge is 2.21. The predicted molar refractivity (Wildman–Crippen MR) is 72.5 cm³/mol. The number of aliphatic hydroxyl groups is 1. The molecule has 0 aliphatic carbocycles. The lowest BCUT2D eigenvalue weighted by atomic mass is 9.99. The van der Waals surface area contributed by atoms with E-state index in [2.05, 4.69) is 27.6 Å². The second-order valence-corrected chi connectivity index (χ2v) is 5.22. The van der Waals surface area contributed by atoms with Crippen LogP contribution in [0.4, 0.5) is 0 Å². The zero-order chi connectivity index (χ0) is 12.8. The maximum atomic E-state index is 9.11. The number of likely N-dealkylation sites (tertiary alicyclic amines) is 1. The van der Waals surface area contributed by atoms with Crippen molar-refractivity contribution in [3.05, 3.63) is 18.2 Å². The molecule has 1 aromatic heterocycles. The molecule has 1 aliphatic rings. The first kappa shape index (κ1) is 13.6. The van der Waals surface area contributed by atoms with Crippen LogP contribution in [0.1, 0.15) is 37.9 Å². The smallest absolute Gasteiger partial charge is 0.105 e. The Hall–Kier alpha value is -0.870. The van der Waals surface area contributed by atoms with E-state index in [-0.39, 0.29) is 0 Å². The fourth-order valence-electron chi connectivity index (χ4n) is 2.91. The lowest BCUT2D eigenvalue weighted by molar-refractivity contribution is 0.116.